The van der Waals surface area contributed by atoms with Crippen molar-refractivity contribution in [2.24, 2.45) is 11.7 Å². The van der Waals surface area contributed by atoms with E-state index in [9.17, 15) is 22.8 Å². The molecule has 0 bridgehead atoms. The highest BCUT2D eigenvalue weighted by atomic mass is 32.2. The summed E-state index contributed by atoms with van der Waals surface area (Å²) in [6.45, 7) is 1.33. The topological polar surface area (TPSA) is 130 Å². The number of primary amides is 1. The van der Waals surface area contributed by atoms with Crippen LogP contribution < -0.4 is 11.1 Å². The molecule has 3 amide bonds. The van der Waals surface area contributed by atoms with Crippen molar-refractivity contribution < 1.29 is 22.8 Å². The Labute approximate surface area is 189 Å². The fourth-order valence-corrected chi connectivity index (χ4v) is 6.05. The number of hydrogen-bond acceptors (Lipinski definition) is 5. The van der Waals surface area contributed by atoms with Crippen LogP contribution in [0.15, 0.2) is 35.2 Å². The summed E-state index contributed by atoms with van der Waals surface area (Å²) in [5.74, 6) is -1.20. The zero-order valence-electron chi connectivity index (χ0n) is 18.4. The Morgan fingerprint density at radius 3 is 2.34 bits per heavy atom. The van der Waals surface area contributed by atoms with Gasteiger partial charge in [0.25, 0.3) is 0 Å². The maximum absolute atomic E-state index is 13.1. The highest BCUT2D eigenvalue weighted by molar-refractivity contribution is 7.89. The van der Waals surface area contributed by atoms with Crippen molar-refractivity contribution in [3.05, 3.63) is 30.3 Å². The van der Waals surface area contributed by atoms with Crippen molar-refractivity contribution in [3.8, 4) is 0 Å². The zero-order chi connectivity index (χ0) is 23.3. The van der Waals surface area contributed by atoms with Gasteiger partial charge in [-0.1, -0.05) is 50.3 Å². The second kappa shape index (κ2) is 10.4. The molecule has 0 radical (unpaired) electrons. The van der Waals surface area contributed by atoms with E-state index in [2.05, 4.69) is 5.32 Å². The Morgan fingerprint density at radius 2 is 1.75 bits per heavy atom. The number of sulfonamides is 1. The first-order valence-corrected chi connectivity index (χ1v) is 12.6. The average molecular weight is 465 g/mol. The van der Waals surface area contributed by atoms with Crippen molar-refractivity contribution in [3.63, 3.8) is 0 Å². The van der Waals surface area contributed by atoms with Crippen LogP contribution >= 0.6 is 0 Å². The van der Waals surface area contributed by atoms with Gasteiger partial charge in [-0.05, 0) is 24.5 Å². The lowest BCUT2D eigenvalue weighted by molar-refractivity contribution is -0.142. The van der Waals surface area contributed by atoms with Crippen LogP contribution in [0, 0.1) is 5.92 Å². The molecule has 2 atom stereocenters. The molecule has 9 nitrogen and oxygen atoms in total. The second-order valence-electron chi connectivity index (χ2n) is 8.61. The molecule has 2 aliphatic rings. The van der Waals surface area contributed by atoms with Gasteiger partial charge in [0.05, 0.1) is 4.90 Å². The molecule has 1 aliphatic carbocycles. The number of hydrogen-bond donors (Lipinski definition) is 2. The summed E-state index contributed by atoms with van der Waals surface area (Å²) in [5.41, 5.74) is 5.56. The second-order valence-corrected chi connectivity index (χ2v) is 10.5. The summed E-state index contributed by atoms with van der Waals surface area (Å²) < 4.78 is 27.3. The predicted octanol–water partition coefficient (Wildman–Crippen LogP) is 0.849. The normalized spacial score (nSPS) is 21.7. The van der Waals surface area contributed by atoms with Crippen LogP contribution in [0.4, 0.5) is 0 Å². The number of amides is 3. The first-order chi connectivity index (χ1) is 15.2. The summed E-state index contributed by atoms with van der Waals surface area (Å²) in [6.07, 6.45) is 5.80. The predicted molar refractivity (Wildman–Crippen MR) is 119 cm³/mol. The largest absolute Gasteiger partial charge is 0.368 e. The molecule has 1 aromatic carbocycles. The van der Waals surface area contributed by atoms with E-state index in [1.807, 2.05) is 0 Å². The number of carbonyl (C=O) groups excluding carboxylic acids is 3. The number of nitrogens with two attached hydrogens (primary N) is 1. The van der Waals surface area contributed by atoms with E-state index >= 15 is 0 Å². The van der Waals surface area contributed by atoms with E-state index < -0.39 is 33.9 Å². The maximum Gasteiger partial charge on any atom is 0.244 e. The fraction of sp³-hybridized carbons (Fsp3) is 0.591. The smallest absolute Gasteiger partial charge is 0.244 e. The molecule has 1 saturated heterocycles. The summed E-state index contributed by atoms with van der Waals surface area (Å²) in [7, 11) is -3.82. The summed E-state index contributed by atoms with van der Waals surface area (Å²) in [6, 6.07) is 6.09. The van der Waals surface area contributed by atoms with Gasteiger partial charge in [-0.25, -0.2) is 8.42 Å². The summed E-state index contributed by atoms with van der Waals surface area (Å²) >= 11 is 0. The summed E-state index contributed by atoms with van der Waals surface area (Å²) in [5, 5.41) is 2.70. The quantitative estimate of drug-likeness (QED) is 0.618. The van der Waals surface area contributed by atoms with Crippen molar-refractivity contribution in [1.82, 2.24) is 14.5 Å². The van der Waals surface area contributed by atoms with Crippen molar-refractivity contribution in [2.45, 2.75) is 62.4 Å². The number of benzene rings is 1. The zero-order valence-corrected chi connectivity index (χ0v) is 19.2. The highest BCUT2D eigenvalue weighted by Gasteiger charge is 2.40. The molecule has 0 unspecified atom stereocenters. The Morgan fingerprint density at radius 1 is 1.09 bits per heavy atom. The van der Waals surface area contributed by atoms with Crippen LogP contribution in [0.5, 0.6) is 0 Å². The van der Waals surface area contributed by atoms with E-state index in [1.165, 1.54) is 34.7 Å². The van der Waals surface area contributed by atoms with Gasteiger partial charge in [0.15, 0.2) is 0 Å². The molecule has 3 N–H and O–H groups in total. The van der Waals surface area contributed by atoms with E-state index in [0.717, 1.165) is 25.7 Å². The Kier molecular flexibility index (Phi) is 7.89. The van der Waals surface area contributed by atoms with Crippen LogP contribution in [0.2, 0.25) is 0 Å². The molecule has 32 heavy (non-hydrogen) atoms. The first kappa shape index (κ1) is 24.2. The van der Waals surface area contributed by atoms with E-state index in [4.69, 9.17) is 5.73 Å². The van der Waals surface area contributed by atoms with Gasteiger partial charge >= 0.3 is 0 Å². The summed E-state index contributed by atoms with van der Waals surface area (Å²) in [4.78, 5) is 38.8. The van der Waals surface area contributed by atoms with Gasteiger partial charge < -0.3 is 16.0 Å². The van der Waals surface area contributed by atoms with Crippen molar-refractivity contribution >= 4 is 27.7 Å². The lowest BCUT2D eigenvalue weighted by Gasteiger charge is -2.40. The fourth-order valence-electron chi connectivity index (χ4n) is 4.59. The Balaban J connectivity index is 1.76. The number of rotatable bonds is 7. The molecule has 0 aromatic heterocycles. The van der Waals surface area contributed by atoms with Gasteiger partial charge in [0.2, 0.25) is 27.7 Å². The Hall–Kier alpha value is -2.46. The van der Waals surface area contributed by atoms with E-state index in [-0.39, 0.29) is 30.4 Å². The minimum atomic E-state index is -3.82. The lowest BCUT2D eigenvalue weighted by atomic mass is 9.84. The maximum atomic E-state index is 13.1. The molecule has 176 valence electrons. The van der Waals surface area contributed by atoms with Gasteiger partial charge in [-0.3, -0.25) is 14.4 Å². The first-order valence-electron chi connectivity index (χ1n) is 11.1. The number of piperazine rings is 1. The average Bonchev–Trinajstić information content (AvgIpc) is 2.79. The molecule has 1 aliphatic heterocycles. The van der Waals surface area contributed by atoms with Gasteiger partial charge in [0.1, 0.15) is 12.1 Å². The van der Waals surface area contributed by atoms with Gasteiger partial charge in [-0.2, -0.15) is 4.31 Å². The van der Waals surface area contributed by atoms with Crippen molar-refractivity contribution in [2.75, 3.05) is 19.6 Å². The SMILES string of the molecule is CC(=O)N1CCN(S(=O)(=O)c2ccccc2)C[C@H]1C(=O)N[C@@H](CC1CCCCC1)C(N)=O. The molecule has 2 fully saturated rings. The number of nitrogens with one attached hydrogen (secondary N) is 1. The van der Waals surface area contributed by atoms with E-state index in [0.29, 0.717) is 12.3 Å². The van der Waals surface area contributed by atoms with Crippen molar-refractivity contribution in [1.29, 1.82) is 0 Å². The monoisotopic (exact) mass is 464 g/mol. The third-order valence-electron chi connectivity index (χ3n) is 6.38. The lowest BCUT2D eigenvalue weighted by Crippen LogP contribution is -2.62. The third kappa shape index (κ3) is 5.66. The minimum absolute atomic E-state index is 0.0852. The Bertz CT molecular complexity index is 931. The minimum Gasteiger partial charge on any atom is -0.368 e. The third-order valence-corrected chi connectivity index (χ3v) is 8.26. The highest BCUT2D eigenvalue weighted by Crippen LogP contribution is 2.27. The molecule has 0 spiro atoms. The van der Waals surface area contributed by atoms with E-state index in [1.54, 1.807) is 18.2 Å². The molecule has 10 heteroatoms. The molecule has 3 rings (SSSR count). The number of nitrogens with zero attached hydrogens (tertiary/aromatic N) is 2. The molecule has 1 heterocycles. The molecular formula is C22H32N4O5S. The molecule has 1 aromatic rings. The standard InChI is InChI=1S/C22H32N4O5S/c1-16(27)26-13-12-25(32(30,31)18-10-6-3-7-11-18)15-20(26)22(29)24-19(21(23)28)14-17-8-4-2-5-9-17/h3,6-7,10-11,17,19-20H,2,4-5,8-9,12-15H2,1H3,(H2,23,28)(H,24,29)/t19-,20-/m0/s1. The van der Waals surface area contributed by atoms with Crippen LogP contribution in [0.25, 0.3) is 0 Å². The van der Waals surface area contributed by atoms with Crippen LogP contribution in [0.1, 0.15) is 45.4 Å². The van der Waals surface area contributed by atoms with Crippen LogP contribution in [-0.2, 0) is 24.4 Å². The van der Waals surface area contributed by atoms with Gasteiger partial charge in [-0.15, -0.1) is 0 Å². The number of carbonyl (C=O) groups is 3. The molecular weight excluding hydrogens is 432 g/mol. The van der Waals surface area contributed by atoms with Crippen LogP contribution in [-0.4, -0.2) is 67.1 Å². The van der Waals surface area contributed by atoms with Crippen LogP contribution in [0.3, 0.4) is 0 Å². The molecule has 1 saturated carbocycles. The van der Waals surface area contributed by atoms with Gasteiger partial charge in [0, 0.05) is 26.6 Å².